The third-order valence-electron chi connectivity index (χ3n) is 2.91. The van der Waals surface area contributed by atoms with Gasteiger partial charge in [-0.1, -0.05) is 28.1 Å². The first kappa shape index (κ1) is 13.9. The zero-order valence-corrected chi connectivity index (χ0v) is 14.1. The van der Waals surface area contributed by atoms with E-state index in [0.29, 0.717) is 6.04 Å². The largest absolute Gasteiger partial charge is 0.379 e. The summed E-state index contributed by atoms with van der Waals surface area (Å²) in [5.41, 5.74) is 3.70. The molecule has 0 aliphatic heterocycles. The SMILES string of the molecule is Cc1cc(NC(C)c2ccc(I)cc2)ccc1Br. The molecule has 18 heavy (non-hydrogen) atoms. The number of nitrogens with one attached hydrogen (secondary N) is 1. The highest BCUT2D eigenvalue weighted by molar-refractivity contribution is 14.1. The van der Waals surface area contributed by atoms with E-state index in [-0.39, 0.29) is 0 Å². The fourth-order valence-electron chi connectivity index (χ4n) is 1.82. The molecular weight excluding hydrogens is 401 g/mol. The quantitative estimate of drug-likeness (QED) is 0.649. The van der Waals surface area contributed by atoms with E-state index in [1.54, 1.807) is 0 Å². The summed E-state index contributed by atoms with van der Waals surface area (Å²) in [5.74, 6) is 0. The van der Waals surface area contributed by atoms with Crippen LogP contribution in [0.3, 0.4) is 0 Å². The van der Waals surface area contributed by atoms with Crippen molar-refractivity contribution in [1.82, 2.24) is 0 Å². The first-order chi connectivity index (χ1) is 8.56. The van der Waals surface area contributed by atoms with Gasteiger partial charge in [0.2, 0.25) is 0 Å². The van der Waals surface area contributed by atoms with E-state index < -0.39 is 0 Å². The summed E-state index contributed by atoms with van der Waals surface area (Å²) in [4.78, 5) is 0. The Morgan fingerprint density at radius 2 is 1.78 bits per heavy atom. The first-order valence-electron chi connectivity index (χ1n) is 5.84. The number of benzene rings is 2. The Morgan fingerprint density at radius 3 is 2.39 bits per heavy atom. The molecule has 1 unspecified atom stereocenters. The molecule has 0 aliphatic carbocycles. The molecule has 0 fully saturated rings. The zero-order chi connectivity index (χ0) is 13.1. The van der Waals surface area contributed by atoms with Gasteiger partial charge in [-0.2, -0.15) is 0 Å². The van der Waals surface area contributed by atoms with Crippen molar-refractivity contribution in [2.45, 2.75) is 19.9 Å². The maximum absolute atomic E-state index is 3.52. The van der Waals surface area contributed by atoms with Crippen LogP contribution in [0.1, 0.15) is 24.1 Å². The highest BCUT2D eigenvalue weighted by Crippen LogP contribution is 2.24. The van der Waals surface area contributed by atoms with E-state index in [2.05, 4.69) is 100 Å². The summed E-state index contributed by atoms with van der Waals surface area (Å²) < 4.78 is 2.41. The van der Waals surface area contributed by atoms with E-state index >= 15 is 0 Å². The van der Waals surface area contributed by atoms with E-state index in [0.717, 1.165) is 10.2 Å². The van der Waals surface area contributed by atoms with Crippen LogP contribution in [0.15, 0.2) is 46.9 Å². The molecule has 2 rings (SSSR count). The van der Waals surface area contributed by atoms with E-state index in [1.807, 2.05) is 0 Å². The molecule has 1 atom stereocenters. The zero-order valence-electron chi connectivity index (χ0n) is 10.4. The van der Waals surface area contributed by atoms with E-state index in [9.17, 15) is 0 Å². The van der Waals surface area contributed by atoms with Crippen LogP contribution in [0.4, 0.5) is 5.69 Å². The van der Waals surface area contributed by atoms with Gasteiger partial charge in [-0.3, -0.25) is 0 Å². The Kier molecular flexibility index (Phi) is 4.67. The molecule has 1 N–H and O–H groups in total. The molecule has 0 spiro atoms. The van der Waals surface area contributed by atoms with Crippen molar-refractivity contribution in [3.05, 3.63) is 61.6 Å². The number of aryl methyl sites for hydroxylation is 1. The Balaban J connectivity index is 2.13. The standard InChI is InChI=1S/C15H15BrIN/c1-10-9-14(7-8-15(10)16)18-11(2)12-3-5-13(17)6-4-12/h3-9,11,18H,1-2H3. The summed E-state index contributed by atoms with van der Waals surface area (Å²) in [7, 11) is 0. The molecule has 2 aromatic carbocycles. The van der Waals surface area contributed by atoms with Crippen molar-refractivity contribution in [1.29, 1.82) is 0 Å². The second-order valence-corrected chi connectivity index (χ2v) is 6.48. The van der Waals surface area contributed by atoms with Gasteiger partial charge >= 0.3 is 0 Å². The minimum atomic E-state index is 0.308. The average molecular weight is 416 g/mol. The van der Waals surface area contributed by atoms with Crippen LogP contribution >= 0.6 is 38.5 Å². The normalized spacial score (nSPS) is 12.2. The van der Waals surface area contributed by atoms with Crippen molar-refractivity contribution in [3.8, 4) is 0 Å². The number of rotatable bonds is 3. The van der Waals surface area contributed by atoms with Crippen molar-refractivity contribution in [2.24, 2.45) is 0 Å². The molecule has 94 valence electrons. The fraction of sp³-hybridized carbons (Fsp3) is 0.200. The predicted octanol–water partition coefficient (Wildman–Crippen LogP) is 5.54. The molecular formula is C15H15BrIN. The molecule has 3 heteroatoms. The Hall–Kier alpha value is -0.550. The van der Waals surface area contributed by atoms with Crippen LogP contribution in [0.25, 0.3) is 0 Å². The molecule has 0 aromatic heterocycles. The third kappa shape index (κ3) is 3.48. The van der Waals surface area contributed by atoms with E-state index in [1.165, 1.54) is 14.7 Å². The summed E-state index contributed by atoms with van der Waals surface area (Å²) in [5, 5.41) is 3.52. The maximum Gasteiger partial charge on any atom is 0.0485 e. The molecule has 0 amide bonds. The topological polar surface area (TPSA) is 12.0 Å². The minimum absolute atomic E-state index is 0.308. The summed E-state index contributed by atoms with van der Waals surface area (Å²) in [6, 6.07) is 15.3. The molecule has 0 saturated carbocycles. The first-order valence-corrected chi connectivity index (χ1v) is 7.71. The van der Waals surface area contributed by atoms with Crippen LogP contribution in [-0.4, -0.2) is 0 Å². The second kappa shape index (κ2) is 6.06. The highest BCUT2D eigenvalue weighted by Gasteiger charge is 2.05. The maximum atomic E-state index is 3.52. The van der Waals surface area contributed by atoms with Crippen molar-refractivity contribution >= 4 is 44.2 Å². The summed E-state index contributed by atoms with van der Waals surface area (Å²) >= 11 is 5.85. The van der Waals surface area contributed by atoms with Crippen molar-refractivity contribution in [2.75, 3.05) is 5.32 Å². The predicted molar refractivity (Wildman–Crippen MR) is 90.1 cm³/mol. The van der Waals surface area contributed by atoms with Crippen LogP contribution in [0.2, 0.25) is 0 Å². The Bertz CT molecular complexity index is 537. The van der Waals surface area contributed by atoms with Crippen molar-refractivity contribution < 1.29 is 0 Å². The van der Waals surface area contributed by atoms with Gasteiger partial charge in [-0.05, 0) is 77.9 Å². The van der Waals surface area contributed by atoms with Crippen molar-refractivity contribution in [3.63, 3.8) is 0 Å². The molecule has 0 saturated heterocycles. The van der Waals surface area contributed by atoms with Gasteiger partial charge in [-0.25, -0.2) is 0 Å². The van der Waals surface area contributed by atoms with Gasteiger partial charge in [0.25, 0.3) is 0 Å². The van der Waals surface area contributed by atoms with Gasteiger partial charge in [0, 0.05) is 19.8 Å². The van der Waals surface area contributed by atoms with Crippen LogP contribution < -0.4 is 5.32 Å². The molecule has 0 aliphatic rings. The summed E-state index contributed by atoms with van der Waals surface area (Å²) in [6.07, 6.45) is 0. The van der Waals surface area contributed by atoms with Gasteiger partial charge < -0.3 is 5.32 Å². The van der Waals surface area contributed by atoms with Crippen LogP contribution in [-0.2, 0) is 0 Å². The smallest absolute Gasteiger partial charge is 0.0485 e. The van der Waals surface area contributed by atoms with E-state index in [4.69, 9.17) is 0 Å². The lowest BCUT2D eigenvalue weighted by molar-refractivity contribution is 0.884. The van der Waals surface area contributed by atoms with Gasteiger partial charge in [-0.15, -0.1) is 0 Å². The van der Waals surface area contributed by atoms with Gasteiger partial charge in [0.15, 0.2) is 0 Å². The number of anilines is 1. The lowest BCUT2D eigenvalue weighted by Crippen LogP contribution is -2.06. The van der Waals surface area contributed by atoms with Crippen LogP contribution in [0.5, 0.6) is 0 Å². The van der Waals surface area contributed by atoms with Gasteiger partial charge in [0.1, 0.15) is 0 Å². The second-order valence-electron chi connectivity index (χ2n) is 4.38. The highest BCUT2D eigenvalue weighted by atomic mass is 127. The lowest BCUT2D eigenvalue weighted by Gasteiger charge is -2.16. The lowest BCUT2D eigenvalue weighted by atomic mass is 10.1. The fourth-order valence-corrected chi connectivity index (χ4v) is 2.43. The molecule has 1 nitrogen and oxygen atoms in total. The Labute approximate surface area is 130 Å². The van der Waals surface area contributed by atoms with Gasteiger partial charge in [0.05, 0.1) is 0 Å². The number of hydrogen-bond donors (Lipinski definition) is 1. The molecule has 0 radical (unpaired) electrons. The third-order valence-corrected chi connectivity index (χ3v) is 4.52. The minimum Gasteiger partial charge on any atom is -0.379 e. The van der Waals surface area contributed by atoms with Crippen LogP contribution in [0, 0.1) is 10.5 Å². The number of halogens is 2. The molecule has 0 bridgehead atoms. The Morgan fingerprint density at radius 1 is 1.11 bits per heavy atom. The average Bonchev–Trinajstić information content (AvgIpc) is 2.34. The molecule has 2 aromatic rings. The monoisotopic (exact) mass is 415 g/mol. The molecule has 0 heterocycles. The summed E-state index contributed by atoms with van der Waals surface area (Å²) in [6.45, 7) is 4.28. The number of hydrogen-bond acceptors (Lipinski definition) is 1.